The molecule has 11 aromatic rings. The molecule has 260 valence electrons. The molecule has 12 rings (SSSR count). The van der Waals surface area contributed by atoms with Crippen LogP contribution in [0.2, 0.25) is 0 Å². The molecule has 4 nitrogen and oxygen atoms in total. The minimum absolute atomic E-state index is 0.150. The van der Waals surface area contributed by atoms with Crippen LogP contribution in [0.5, 0.6) is 0 Å². The largest absolute Gasteiger partial charge is 0.456 e. The molecule has 1 aliphatic carbocycles. The number of benzene rings is 8. The fourth-order valence-corrected chi connectivity index (χ4v) is 9.15. The van der Waals surface area contributed by atoms with Crippen molar-refractivity contribution in [2.24, 2.45) is 0 Å². The number of rotatable bonds is 4. The zero-order chi connectivity index (χ0) is 36.4. The van der Waals surface area contributed by atoms with E-state index in [1.807, 2.05) is 18.2 Å². The third-order valence-corrected chi connectivity index (χ3v) is 11.9. The Balaban J connectivity index is 1.07. The summed E-state index contributed by atoms with van der Waals surface area (Å²) in [6, 6.07) is 58.1. The quantitative estimate of drug-likeness (QED) is 0.183. The molecule has 1 aliphatic rings. The van der Waals surface area contributed by atoms with Crippen LogP contribution in [-0.2, 0) is 5.41 Å². The molecule has 8 aromatic carbocycles. The SMILES string of the molecule is CC1(C)c2ccccc2-c2ccc(N(c3ccc4oc5ccccc5c4c3)c3cccc4c3oc3cc5c(cc34)oc3cc(-c4ccccc4)ccc35)cc21. The van der Waals surface area contributed by atoms with Gasteiger partial charge in [0, 0.05) is 49.1 Å². The molecule has 0 N–H and O–H groups in total. The van der Waals surface area contributed by atoms with Crippen LogP contribution >= 0.6 is 0 Å². The van der Waals surface area contributed by atoms with Gasteiger partial charge >= 0.3 is 0 Å². The lowest BCUT2D eigenvalue weighted by molar-refractivity contribution is 0.660. The van der Waals surface area contributed by atoms with Crippen molar-refractivity contribution in [3.8, 4) is 22.3 Å². The first-order valence-electron chi connectivity index (χ1n) is 18.8. The third kappa shape index (κ3) is 4.34. The Morgan fingerprint density at radius 2 is 1.02 bits per heavy atom. The average Bonchev–Trinajstić information content (AvgIpc) is 3.95. The predicted molar refractivity (Wildman–Crippen MR) is 226 cm³/mol. The number of hydrogen-bond donors (Lipinski definition) is 0. The normalized spacial score (nSPS) is 13.4. The van der Waals surface area contributed by atoms with E-state index in [1.165, 1.54) is 27.8 Å². The van der Waals surface area contributed by atoms with Crippen molar-refractivity contribution in [2.75, 3.05) is 4.90 Å². The summed E-state index contributed by atoms with van der Waals surface area (Å²) in [7, 11) is 0. The summed E-state index contributed by atoms with van der Waals surface area (Å²) >= 11 is 0. The maximum atomic E-state index is 6.95. The lowest BCUT2D eigenvalue weighted by Gasteiger charge is -2.28. The molecule has 55 heavy (non-hydrogen) atoms. The van der Waals surface area contributed by atoms with Gasteiger partial charge in [0.2, 0.25) is 0 Å². The van der Waals surface area contributed by atoms with Crippen molar-refractivity contribution < 1.29 is 13.3 Å². The van der Waals surface area contributed by atoms with Gasteiger partial charge in [-0.05, 0) is 100 Å². The van der Waals surface area contributed by atoms with Gasteiger partial charge in [0.15, 0.2) is 5.58 Å². The Bertz CT molecular complexity index is 3360. The predicted octanol–water partition coefficient (Wildman–Crippen LogP) is 14.8. The highest BCUT2D eigenvalue weighted by Gasteiger charge is 2.36. The van der Waals surface area contributed by atoms with E-state index in [0.717, 1.165) is 88.4 Å². The maximum Gasteiger partial charge on any atom is 0.159 e. The van der Waals surface area contributed by atoms with Crippen molar-refractivity contribution in [3.63, 3.8) is 0 Å². The fraction of sp³-hybridized carbons (Fsp3) is 0.0588. The van der Waals surface area contributed by atoms with Crippen LogP contribution in [0.25, 0.3) is 88.1 Å². The van der Waals surface area contributed by atoms with Gasteiger partial charge in [0.25, 0.3) is 0 Å². The third-order valence-electron chi connectivity index (χ3n) is 11.9. The minimum Gasteiger partial charge on any atom is -0.456 e. The molecular formula is C51H33NO3. The van der Waals surface area contributed by atoms with Crippen molar-refractivity contribution in [1.29, 1.82) is 0 Å². The molecule has 0 amide bonds. The average molecular weight is 708 g/mol. The summed E-state index contributed by atoms with van der Waals surface area (Å²) in [5.41, 5.74) is 15.5. The molecule has 0 fully saturated rings. The van der Waals surface area contributed by atoms with Crippen LogP contribution in [-0.4, -0.2) is 0 Å². The molecule has 0 unspecified atom stereocenters. The van der Waals surface area contributed by atoms with Crippen molar-refractivity contribution >= 4 is 82.9 Å². The summed E-state index contributed by atoms with van der Waals surface area (Å²) in [6.45, 7) is 4.66. The Labute approximate surface area is 316 Å². The molecule has 0 radical (unpaired) electrons. The zero-order valence-electron chi connectivity index (χ0n) is 30.3. The van der Waals surface area contributed by atoms with Gasteiger partial charge in [-0.15, -0.1) is 0 Å². The second-order valence-corrected chi connectivity index (χ2v) is 15.3. The van der Waals surface area contributed by atoms with Crippen LogP contribution in [0.3, 0.4) is 0 Å². The summed E-state index contributed by atoms with van der Waals surface area (Å²) in [6.07, 6.45) is 0. The number of fused-ring (bicyclic) bond motifs is 12. The molecule has 0 spiro atoms. The van der Waals surface area contributed by atoms with Crippen molar-refractivity contribution in [2.45, 2.75) is 19.3 Å². The maximum absolute atomic E-state index is 6.95. The van der Waals surface area contributed by atoms with E-state index in [9.17, 15) is 0 Å². The van der Waals surface area contributed by atoms with Crippen LogP contribution in [0.15, 0.2) is 177 Å². The van der Waals surface area contributed by atoms with E-state index in [2.05, 4.69) is 164 Å². The number of furan rings is 3. The lowest BCUT2D eigenvalue weighted by Crippen LogP contribution is -2.16. The molecule has 0 saturated carbocycles. The van der Waals surface area contributed by atoms with Gasteiger partial charge in [-0.1, -0.05) is 111 Å². The fourth-order valence-electron chi connectivity index (χ4n) is 9.15. The number of anilines is 3. The first kappa shape index (κ1) is 30.4. The number of para-hydroxylation sites is 2. The van der Waals surface area contributed by atoms with Crippen LogP contribution in [0.4, 0.5) is 17.1 Å². The molecule has 4 heteroatoms. The molecule has 0 saturated heterocycles. The van der Waals surface area contributed by atoms with E-state index >= 15 is 0 Å². The number of hydrogen-bond acceptors (Lipinski definition) is 4. The Kier molecular flexibility index (Phi) is 6.09. The first-order valence-corrected chi connectivity index (χ1v) is 18.8. The van der Waals surface area contributed by atoms with Gasteiger partial charge in [0.05, 0.1) is 5.69 Å². The second-order valence-electron chi connectivity index (χ2n) is 15.3. The highest BCUT2D eigenvalue weighted by atomic mass is 16.3. The van der Waals surface area contributed by atoms with Crippen LogP contribution in [0.1, 0.15) is 25.0 Å². The van der Waals surface area contributed by atoms with E-state index in [-0.39, 0.29) is 5.41 Å². The summed E-state index contributed by atoms with van der Waals surface area (Å²) in [5.74, 6) is 0. The Morgan fingerprint density at radius 1 is 0.382 bits per heavy atom. The highest BCUT2D eigenvalue weighted by Crippen LogP contribution is 2.52. The van der Waals surface area contributed by atoms with Gasteiger partial charge in [-0.25, -0.2) is 0 Å². The van der Waals surface area contributed by atoms with Crippen molar-refractivity contribution in [3.05, 3.63) is 175 Å². The minimum atomic E-state index is -0.150. The van der Waals surface area contributed by atoms with Crippen LogP contribution in [0, 0.1) is 0 Å². The van der Waals surface area contributed by atoms with Gasteiger partial charge in [0.1, 0.15) is 27.9 Å². The molecule has 3 aromatic heterocycles. The molecule has 0 atom stereocenters. The lowest BCUT2D eigenvalue weighted by atomic mass is 9.82. The monoisotopic (exact) mass is 707 g/mol. The van der Waals surface area contributed by atoms with Gasteiger partial charge < -0.3 is 18.2 Å². The summed E-state index contributed by atoms with van der Waals surface area (Å²) in [5, 5.41) is 6.34. The topological polar surface area (TPSA) is 42.7 Å². The molecule has 3 heterocycles. The van der Waals surface area contributed by atoms with Crippen LogP contribution < -0.4 is 4.90 Å². The second kappa shape index (κ2) is 11.0. The van der Waals surface area contributed by atoms with Crippen molar-refractivity contribution in [1.82, 2.24) is 0 Å². The smallest absolute Gasteiger partial charge is 0.159 e. The number of nitrogens with zero attached hydrogens (tertiary/aromatic N) is 1. The molecular weight excluding hydrogens is 675 g/mol. The standard InChI is InChI=1S/C51H33NO3/c1-51(2)42-16-8-6-13-34(42)35-23-20-33(27-43(35)51)52(32-21-24-46-39(26-32)36-14-7-9-18-45(36)53-46)44-17-10-15-38-41-29-48-40(28-49(41)55-50(38)44)37-22-19-31(25-47(37)54-48)30-11-4-3-5-12-30/h3-29H,1-2H3. The molecule has 0 bridgehead atoms. The van der Waals surface area contributed by atoms with E-state index in [1.54, 1.807) is 0 Å². The van der Waals surface area contributed by atoms with E-state index in [4.69, 9.17) is 13.3 Å². The molecule has 0 aliphatic heterocycles. The zero-order valence-corrected chi connectivity index (χ0v) is 30.3. The van der Waals surface area contributed by atoms with E-state index < -0.39 is 0 Å². The highest BCUT2D eigenvalue weighted by molar-refractivity contribution is 6.17. The van der Waals surface area contributed by atoms with E-state index in [0.29, 0.717) is 0 Å². The summed E-state index contributed by atoms with van der Waals surface area (Å²) in [4.78, 5) is 2.34. The first-order chi connectivity index (χ1) is 27.0. The Hall–Kier alpha value is -7.04. The summed E-state index contributed by atoms with van der Waals surface area (Å²) < 4.78 is 19.8. The Morgan fingerprint density at radius 3 is 1.93 bits per heavy atom. The van der Waals surface area contributed by atoms with Gasteiger partial charge in [-0.2, -0.15) is 0 Å². The van der Waals surface area contributed by atoms with Gasteiger partial charge in [-0.3, -0.25) is 0 Å².